The molecule has 106 valence electrons. The summed E-state index contributed by atoms with van der Waals surface area (Å²) in [6, 6.07) is 8.13. The Morgan fingerprint density at radius 1 is 1.30 bits per heavy atom. The molecular weight excluding hydrogens is 272 g/mol. The fourth-order valence-corrected chi connectivity index (χ4v) is 2.90. The van der Waals surface area contributed by atoms with Crippen molar-refractivity contribution in [2.45, 2.75) is 17.9 Å². The molecule has 5 nitrogen and oxygen atoms in total. The van der Waals surface area contributed by atoms with E-state index in [4.69, 9.17) is 10.6 Å². The number of aryl methyl sites for hydroxylation is 1. The second-order valence-corrected chi connectivity index (χ2v) is 5.31. The second-order valence-electron chi connectivity index (χ2n) is 4.25. The number of aromatic nitrogens is 2. The van der Waals surface area contributed by atoms with E-state index in [0.29, 0.717) is 5.88 Å². The number of hydrazine groups is 1. The molecule has 3 N–H and O–H groups in total. The normalized spacial score (nSPS) is 12.2. The van der Waals surface area contributed by atoms with Crippen LogP contribution < -0.4 is 16.0 Å². The van der Waals surface area contributed by atoms with Crippen molar-refractivity contribution in [1.29, 1.82) is 0 Å². The summed E-state index contributed by atoms with van der Waals surface area (Å²) >= 11 is 1.73. The van der Waals surface area contributed by atoms with Gasteiger partial charge in [-0.25, -0.2) is 4.98 Å². The third-order valence-corrected chi connectivity index (χ3v) is 4.18. The molecule has 0 radical (unpaired) electrons. The molecule has 0 saturated carbocycles. The summed E-state index contributed by atoms with van der Waals surface area (Å²) in [4.78, 5) is 9.69. The van der Waals surface area contributed by atoms with Crippen LogP contribution in [0.1, 0.15) is 17.3 Å². The van der Waals surface area contributed by atoms with Crippen LogP contribution in [0.5, 0.6) is 5.88 Å². The SMILES string of the molecule is COc1nccnc1C(CSc1ccccc1C)NN. The maximum Gasteiger partial charge on any atom is 0.237 e. The topological polar surface area (TPSA) is 73.1 Å². The van der Waals surface area contributed by atoms with Crippen LogP contribution in [-0.4, -0.2) is 22.8 Å². The highest BCUT2D eigenvalue weighted by Crippen LogP contribution is 2.28. The lowest BCUT2D eigenvalue weighted by Gasteiger charge is -2.17. The van der Waals surface area contributed by atoms with E-state index in [1.54, 1.807) is 31.3 Å². The molecule has 1 heterocycles. The lowest BCUT2D eigenvalue weighted by atomic mass is 10.2. The van der Waals surface area contributed by atoms with E-state index in [2.05, 4.69) is 34.5 Å². The van der Waals surface area contributed by atoms with Crippen molar-refractivity contribution >= 4 is 11.8 Å². The van der Waals surface area contributed by atoms with Crippen molar-refractivity contribution in [2.24, 2.45) is 5.84 Å². The highest BCUT2D eigenvalue weighted by atomic mass is 32.2. The number of nitrogens with one attached hydrogen (secondary N) is 1. The van der Waals surface area contributed by atoms with Crippen LogP contribution in [0.25, 0.3) is 0 Å². The zero-order valence-corrected chi connectivity index (χ0v) is 12.4. The Morgan fingerprint density at radius 2 is 2.05 bits per heavy atom. The Bertz CT molecular complexity index is 564. The maximum absolute atomic E-state index is 5.64. The second kappa shape index (κ2) is 7.23. The minimum Gasteiger partial charge on any atom is -0.480 e. The molecule has 1 aromatic heterocycles. The Balaban J connectivity index is 2.11. The van der Waals surface area contributed by atoms with Gasteiger partial charge in [0.15, 0.2) is 0 Å². The van der Waals surface area contributed by atoms with Gasteiger partial charge in [0.1, 0.15) is 5.69 Å². The van der Waals surface area contributed by atoms with Gasteiger partial charge in [-0.3, -0.25) is 16.3 Å². The predicted octanol–water partition coefficient (Wildman–Crippen LogP) is 2.09. The molecule has 0 amide bonds. The first-order valence-electron chi connectivity index (χ1n) is 6.25. The van der Waals surface area contributed by atoms with Gasteiger partial charge >= 0.3 is 0 Å². The monoisotopic (exact) mass is 290 g/mol. The van der Waals surface area contributed by atoms with Gasteiger partial charge in [-0.15, -0.1) is 11.8 Å². The van der Waals surface area contributed by atoms with Crippen molar-refractivity contribution in [3.63, 3.8) is 0 Å². The molecule has 1 aromatic carbocycles. The fraction of sp³-hybridized carbons (Fsp3) is 0.286. The zero-order chi connectivity index (χ0) is 14.4. The van der Waals surface area contributed by atoms with E-state index in [9.17, 15) is 0 Å². The Labute approximate surface area is 122 Å². The van der Waals surface area contributed by atoms with Crippen LogP contribution in [0.15, 0.2) is 41.6 Å². The Kier molecular flexibility index (Phi) is 5.34. The number of nitrogens with two attached hydrogens (primary N) is 1. The van der Waals surface area contributed by atoms with Gasteiger partial charge in [0, 0.05) is 23.0 Å². The molecule has 0 aliphatic rings. The van der Waals surface area contributed by atoms with Crippen LogP contribution in [0.4, 0.5) is 0 Å². The number of hydrogen-bond donors (Lipinski definition) is 2. The van der Waals surface area contributed by atoms with Gasteiger partial charge < -0.3 is 4.74 Å². The van der Waals surface area contributed by atoms with E-state index in [0.717, 1.165) is 11.4 Å². The number of thioether (sulfide) groups is 1. The van der Waals surface area contributed by atoms with Gasteiger partial charge in [0.25, 0.3) is 0 Å². The molecule has 2 aromatic rings. The predicted molar refractivity (Wildman–Crippen MR) is 80.6 cm³/mol. The van der Waals surface area contributed by atoms with Crippen LogP contribution in [0.2, 0.25) is 0 Å². The summed E-state index contributed by atoms with van der Waals surface area (Å²) < 4.78 is 5.23. The van der Waals surface area contributed by atoms with Crippen LogP contribution >= 0.6 is 11.8 Å². The molecular formula is C14H18N4OS. The first kappa shape index (κ1) is 14.8. The highest BCUT2D eigenvalue weighted by Gasteiger charge is 2.17. The number of nitrogens with zero attached hydrogens (tertiary/aromatic N) is 2. The number of hydrogen-bond acceptors (Lipinski definition) is 6. The van der Waals surface area contributed by atoms with Gasteiger partial charge in [-0.1, -0.05) is 18.2 Å². The molecule has 0 saturated heterocycles. The molecule has 1 unspecified atom stereocenters. The van der Waals surface area contributed by atoms with Crippen molar-refractivity contribution in [3.05, 3.63) is 47.9 Å². The van der Waals surface area contributed by atoms with E-state index < -0.39 is 0 Å². The van der Waals surface area contributed by atoms with Crippen LogP contribution in [-0.2, 0) is 0 Å². The molecule has 0 fully saturated rings. The summed E-state index contributed by atoms with van der Waals surface area (Å²) in [5, 5.41) is 0. The molecule has 0 spiro atoms. The van der Waals surface area contributed by atoms with Gasteiger partial charge in [0.2, 0.25) is 5.88 Å². The number of methoxy groups -OCH3 is 1. The smallest absolute Gasteiger partial charge is 0.237 e. The third kappa shape index (κ3) is 3.47. The van der Waals surface area contributed by atoms with Crippen molar-refractivity contribution in [3.8, 4) is 5.88 Å². The molecule has 1 atom stereocenters. The van der Waals surface area contributed by atoms with E-state index in [1.807, 2.05) is 12.1 Å². The zero-order valence-electron chi connectivity index (χ0n) is 11.5. The summed E-state index contributed by atoms with van der Waals surface area (Å²) in [5.41, 5.74) is 4.75. The van der Waals surface area contributed by atoms with Crippen molar-refractivity contribution in [2.75, 3.05) is 12.9 Å². The minimum atomic E-state index is -0.122. The minimum absolute atomic E-state index is 0.122. The van der Waals surface area contributed by atoms with E-state index in [-0.39, 0.29) is 6.04 Å². The van der Waals surface area contributed by atoms with Gasteiger partial charge in [0.05, 0.1) is 13.2 Å². The summed E-state index contributed by atoms with van der Waals surface area (Å²) in [6.07, 6.45) is 3.24. The summed E-state index contributed by atoms with van der Waals surface area (Å²) in [5.74, 6) is 6.89. The van der Waals surface area contributed by atoms with Crippen molar-refractivity contribution < 1.29 is 4.74 Å². The molecule has 0 aliphatic carbocycles. The largest absolute Gasteiger partial charge is 0.480 e. The first-order valence-corrected chi connectivity index (χ1v) is 7.24. The van der Waals surface area contributed by atoms with Crippen LogP contribution in [0.3, 0.4) is 0 Å². The number of benzene rings is 1. The quantitative estimate of drug-likeness (QED) is 0.482. The number of ether oxygens (including phenoxy) is 1. The lowest BCUT2D eigenvalue weighted by Crippen LogP contribution is -2.30. The van der Waals surface area contributed by atoms with E-state index >= 15 is 0 Å². The molecule has 0 aliphatic heterocycles. The number of rotatable bonds is 6. The third-order valence-electron chi connectivity index (χ3n) is 2.91. The summed E-state index contributed by atoms with van der Waals surface area (Å²) in [6.45, 7) is 2.09. The van der Waals surface area contributed by atoms with Crippen LogP contribution in [0, 0.1) is 6.92 Å². The van der Waals surface area contributed by atoms with Gasteiger partial charge in [-0.2, -0.15) is 0 Å². The molecule has 2 rings (SSSR count). The maximum atomic E-state index is 5.64. The van der Waals surface area contributed by atoms with Gasteiger partial charge in [-0.05, 0) is 18.6 Å². The molecule has 6 heteroatoms. The first-order chi connectivity index (χ1) is 9.76. The average molecular weight is 290 g/mol. The molecule has 0 bridgehead atoms. The average Bonchev–Trinajstić information content (AvgIpc) is 2.50. The Morgan fingerprint density at radius 3 is 2.75 bits per heavy atom. The fourth-order valence-electron chi connectivity index (χ4n) is 1.83. The standard InChI is InChI=1S/C14H18N4OS/c1-10-5-3-4-6-12(10)20-9-11(18-15)13-14(19-2)17-8-7-16-13/h3-8,11,18H,9,15H2,1-2H3. The van der Waals surface area contributed by atoms with Crippen molar-refractivity contribution in [1.82, 2.24) is 15.4 Å². The molecule has 20 heavy (non-hydrogen) atoms. The Hall–Kier alpha value is -1.63. The van der Waals surface area contributed by atoms with E-state index in [1.165, 1.54) is 10.5 Å². The summed E-state index contributed by atoms with van der Waals surface area (Å²) in [7, 11) is 1.58. The lowest BCUT2D eigenvalue weighted by molar-refractivity contribution is 0.381. The highest BCUT2D eigenvalue weighted by molar-refractivity contribution is 7.99.